The number of hydrogen-bond acceptors (Lipinski definition) is 3. The van der Waals surface area contributed by atoms with Gasteiger partial charge in [0.1, 0.15) is 12.2 Å². The molecule has 2 atom stereocenters. The fourth-order valence-electron chi connectivity index (χ4n) is 1.23. The van der Waals surface area contributed by atoms with Crippen LogP contribution in [0.2, 0.25) is 0 Å². The highest BCUT2D eigenvalue weighted by Gasteiger charge is 2.28. The van der Waals surface area contributed by atoms with Gasteiger partial charge >= 0.3 is 0 Å². The molecule has 0 unspecified atom stereocenters. The molecule has 0 fully saturated rings. The third-order valence-electron chi connectivity index (χ3n) is 1.80. The monoisotopic (exact) mass is 140 g/mol. The first-order valence-electron chi connectivity index (χ1n) is 3.15. The van der Waals surface area contributed by atoms with Gasteiger partial charge < -0.3 is 14.8 Å². The summed E-state index contributed by atoms with van der Waals surface area (Å²) in [5.41, 5.74) is 0.701. The molecule has 0 bridgehead atoms. The van der Waals surface area contributed by atoms with E-state index >= 15 is 0 Å². The van der Waals surface area contributed by atoms with Crippen LogP contribution in [0.3, 0.4) is 0 Å². The van der Waals surface area contributed by atoms with Crippen molar-refractivity contribution in [2.45, 2.75) is 18.8 Å². The number of nitrogens with zero attached hydrogens (tertiary/aromatic N) is 2. The Morgan fingerprint density at radius 3 is 3.10 bits per heavy atom. The highest BCUT2D eigenvalue weighted by molar-refractivity contribution is 5.09. The Morgan fingerprint density at radius 2 is 2.40 bits per heavy atom. The minimum absolute atomic E-state index is 0.455. The molecule has 0 saturated heterocycles. The third-order valence-corrected chi connectivity index (χ3v) is 1.80. The van der Waals surface area contributed by atoms with Crippen molar-refractivity contribution in [3.8, 4) is 0 Å². The summed E-state index contributed by atoms with van der Waals surface area (Å²) < 4.78 is 1.75. The summed E-state index contributed by atoms with van der Waals surface area (Å²) in [6, 6.07) is 0. The third kappa shape index (κ3) is 0.600. The molecule has 0 saturated carbocycles. The molecule has 4 heteroatoms. The fourth-order valence-corrected chi connectivity index (χ4v) is 1.23. The lowest BCUT2D eigenvalue weighted by Gasteiger charge is -2.03. The number of rotatable bonds is 0. The quantitative estimate of drug-likeness (QED) is 0.500. The molecule has 0 aromatic carbocycles. The van der Waals surface area contributed by atoms with Crippen molar-refractivity contribution in [1.29, 1.82) is 0 Å². The molecule has 0 aliphatic carbocycles. The van der Waals surface area contributed by atoms with E-state index in [9.17, 15) is 5.11 Å². The zero-order chi connectivity index (χ0) is 7.14. The second kappa shape index (κ2) is 1.81. The van der Waals surface area contributed by atoms with Gasteiger partial charge in [-0.15, -0.1) is 0 Å². The van der Waals surface area contributed by atoms with Crippen LogP contribution < -0.4 is 0 Å². The summed E-state index contributed by atoms with van der Waals surface area (Å²) in [5.74, 6) is 0. The lowest BCUT2D eigenvalue weighted by molar-refractivity contribution is 0.0305. The van der Waals surface area contributed by atoms with E-state index in [2.05, 4.69) is 4.98 Å². The number of fused-ring (bicyclic) bond motifs is 1. The Balaban J connectivity index is 2.43. The Labute approximate surface area is 57.7 Å². The number of aliphatic hydroxyl groups excluding tert-OH is 2. The lowest BCUT2D eigenvalue weighted by Crippen LogP contribution is -2.12. The van der Waals surface area contributed by atoms with Gasteiger partial charge in [-0.2, -0.15) is 0 Å². The number of aromatic nitrogens is 2. The van der Waals surface area contributed by atoms with Crippen molar-refractivity contribution < 1.29 is 10.2 Å². The van der Waals surface area contributed by atoms with Crippen molar-refractivity contribution in [2.75, 3.05) is 0 Å². The van der Waals surface area contributed by atoms with E-state index in [1.807, 2.05) is 0 Å². The van der Waals surface area contributed by atoms with Crippen molar-refractivity contribution in [1.82, 2.24) is 9.55 Å². The maximum Gasteiger partial charge on any atom is 0.123 e. The molecule has 2 heterocycles. The lowest BCUT2D eigenvalue weighted by atomic mass is 10.2. The van der Waals surface area contributed by atoms with Crippen LogP contribution >= 0.6 is 0 Å². The van der Waals surface area contributed by atoms with Gasteiger partial charge in [-0.05, 0) is 0 Å². The highest BCUT2D eigenvalue weighted by atomic mass is 16.3. The van der Waals surface area contributed by atoms with Crippen molar-refractivity contribution in [3.63, 3.8) is 0 Å². The largest absolute Gasteiger partial charge is 0.388 e. The van der Waals surface area contributed by atoms with E-state index in [-0.39, 0.29) is 0 Å². The minimum atomic E-state index is -0.748. The van der Waals surface area contributed by atoms with Crippen LogP contribution in [0.15, 0.2) is 12.5 Å². The highest BCUT2D eigenvalue weighted by Crippen LogP contribution is 2.24. The van der Waals surface area contributed by atoms with E-state index in [1.165, 1.54) is 0 Å². The molecule has 0 amide bonds. The topological polar surface area (TPSA) is 58.3 Å². The van der Waals surface area contributed by atoms with Gasteiger partial charge in [0.05, 0.1) is 24.8 Å². The van der Waals surface area contributed by atoms with Crippen LogP contribution in [0, 0.1) is 0 Å². The molecule has 54 valence electrons. The van der Waals surface area contributed by atoms with Crippen LogP contribution in [0.1, 0.15) is 11.8 Å². The normalized spacial score (nSPS) is 30.6. The zero-order valence-corrected chi connectivity index (χ0v) is 5.31. The van der Waals surface area contributed by atoms with Gasteiger partial charge in [0.25, 0.3) is 0 Å². The molecule has 10 heavy (non-hydrogen) atoms. The van der Waals surface area contributed by atoms with E-state index in [1.54, 1.807) is 17.1 Å². The number of hydrogen-bond donors (Lipinski definition) is 2. The van der Waals surface area contributed by atoms with Crippen LogP contribution in [0.5, 0.6) is 0 Å². The second-order valence-corrected chi connectivity index (χ2v) is 2.48. The van der Waals surface area contributed by atoms with Gasteiger partial charge in [0.2, 0.25) is 0 Å². The van der Waals surface area contributed by atoms with Gasteiger partial charge in [-0.3, -0.25) is 0 Å². The molecule has 1 aromatic rings. The Morgan fingerprint density at radius 1 is 1.60 bits per heavy atom. The second-order valence-electron chi connectivity index (χ2n) is 2.48. The smallest absolute Gasteiger partial charge is 0.123 e. The van der Waals surface area contributed by atoms with Crippen LogP contribution in [-0.4, -0.2) is 25.9 Å². The summed E-state index contributed by atoms with van der Waals surface area (Å²) in [4.78, 5) is 3.82. The molecule has 2 N–H and O–H groups in total. The van der Waals surface area contributed by atoms with Crippen molar-refractivity contribution >= 4 is 0 Å². The fraction of sp³-hybridized carbons (Fsp3) is 0.500. The Bertz CT molecular complexity index is 246. The molecule has 0 radical (unpaired) electrons. The van der Waals surface area contributed by atoms with E-state index < -0.39 is 12.2 Å². The molecule has 4 nitrogen and oxygen atoms in total. The maximum absolute atomic E-state index is 9.23. The SMILES string of the molecule is O[C@@H]1c2cncn2C[C@@H]1O. The molecule has 1 aromatic heterocycles. The molecule has 2 rings (SSSR count). The predicted octanol–water partition coefficient (Wildman–Crippen LogP) is -0.709. The zero-order valence-electron chi connectivity index (χ0n) is 5.31. The van der Waals surface area contributed by atoms with Gasteiger partial charge in [0, 0.05) is 0 Å². The van der Waals surface area contributed by atoms with Gasteiger partial charge in [-0.25, -0.2) is 4.98 Å². The molecular weight excluding hydrogens is 132 g/mol. The van der Waals surface area contributed by atoms with Crippen molar-refractivity contribution in [3.05, 3.63) is 18.2 Å². The summed E-state index contributed by atoms with van der Waals surface area (Å²) in [6.07, 6.45) is 1.77. The number of imidazole rings is 1. The summed E-state index contributed by atoms with van der Waals surface area (Å²) in [7, 11) is 0. The van der Waals surface area contributed by atoms with Crippen molar-refractivity contribution in [2.24, 2.45) is 0 Å². The molecular formula is C6H8N2O2. The first-order chi connectivity index (χ1) is 4.79. The van der Waals surface area contributed by atoms with Gasteiger partial charge in [0.15, 0.2) is 0 Å². The Kier molecular flexibility index (Phi) is 1.06. The number of aliphatic hydroxyl groups is 2. The summed E-state index contributed by atoms with van der Waals surface area (Å²) in [5, 5.41) is 18.3. The van der Waals surface area contributed by atoms with E-state index in [0.717, 1.165) is 0 Å². The molecule has 0 spiro atoms. The molecule has 1 aliphatic heterocycles. The van der Waals surface area contributed by atoms with E-state index in [4.69, 9.17) is 5.11 Å². The summed E-state index contributed by atoms with van der Waals surface area (Å²) >= 11 is 0. The van der Waals surface area contributed by atoms with Crippen LogP contribution in [0.25, 0.3) is 0 Å². The standard InChI is InChI=1S/C6H8N2O2/c9-5-2-8-3-7-1-4(8)6(5)10/h1,3,5-6,9-10H,2H2/t5-,6+/m0/s1. The Hall–Kier alpha value is -0.870. The first kappa shape index (κ1) is 5.88. The van der Waals surface area contributed by atoms with Crippen LogP contribution in [0.4, 0.5) is 0 Å². The van der Waals surface area contributed by atoms with Crippen LogP contribution in [-0.2, 0) is 6.54 Å². The first-order valence-corrected chi connectivity index (χ1v) is 3.15. The average molecular weight is 140 g/mol. The maximum atomic E-state index is 9.23. The minimum Gasteiger partial charge on any atom is -0.388 e. The average Bonchev–Trinajstić information content (AvgIpc) is 2.41. The molecule has 1 aliphatic rings. The summed E-state index contributed by atoms with van der Waals surface area (Å²) in [6.45, 7) is 0.455. The van der Waals surface area contributed by atoms with E-state index in [0.29, 0.717) is 12.2 Å². The predicted molar refractivity (Wildman–Crippen MR) is 33.2 cm³/mol. The van der Waals surface area contributed by atoms with Gasteiger partial charge in [-0.1, -0.05) is 0 Å².